The Kier molecular flexibility index (Phi) is 7.58. The van der Waals surface area contributed by atoms with Crippen LogP contribution in [0, 0.1) is 11.8 Å². The summed E-state index contributed by atoms with van der Waals surface area (Å²) in [5, 5.41) is 2.58. The van der Waals surface area contributed by atoms with Crippen molar-refractivity contribution in [2.45, 2.75) is 59.0 Å². The summed E-state index contributed by atoms with van der Waals surface area (Å²) < 4.78 is 19.0. The molecule has 0 saturated carbocycles. The van der Waals surface area contributed by atoms with Crippen LogP contribution >= 0.6 is 0 Å². The highest BCUT2D eigenvalue weighted by Gasteiger charge is 2.50. The molecule has 0 bridgehead atoms. The SMILES string of the molecule is CO[C@H]1OC([C@H](C)CO[Si](c2ccccc2)(c2ccccc2)C(C)(C)C)C(C)=C[C@@H]1C. The predicted molar refractivity (Wildman–Crippen MR) is 131 cm³/mol. The first-order valence-corrected chi connectivity index (χ1v) is 13.2. The third-order valence-electron chi connectivity index (χ3n) is 6.41. The van der Waals surface area contributed by atoms with Gasteiger partial charge in [-0.15, -0.1) is 0 Å². The van der Waals surface area contributed by atoms with Crippen molar-refractivity contribution in [2.75, 3.05) is 13.7 Å². The standard InChI is InChI=1S/C27H38O3Si/c1-20-18-21(2)26(28-7)30-25(20)22(3)19-29-31(27(4,5)6,23-14-10-8-11-15-23)24-16-12-9-13-17-24/h8-18,21-22,25-26H,19H2,1-7H3/t21-,22+,25?,26-/m0/s1. The second-order valence-corrected chi connectivity index (χ2v) is 14.2. The topological polar surface area (TPSA) is 27.7 Å². The van der Waals surface area contributed by atoms with Gasteiger partial charge in [-0.2, -0.15) is 0 Å². The number of rotatable bonds is 7. The second-order valence-electron chi connectivity index (χ2n) is 9.88. The van der Waals surface area contributed by atoms with E-state index in [1.165, 1.54) is 15.9 Å². The normalized spacial score (nSPS) is 23.3. The summed E-state index contributed by atoms with van der Waals surface area (Å²) in [7, 11) is -0.824. The van der Waals surface area contributed by atoms with Crippen LogP contribution in [-0.4, -0.2) is 34.4 Å². The van der Waals surface area contributed by atoms with E-state index >= 15 is 0 Å². The Morgan fingerprint density at radius 3 is 1.94 bits per heavy atom. The molecule has 31 heavy (non-hydrogen) atoms. The summed E-state index contributed by atoms with van der Waals surface area (Å²) in [4.78, 5) is 0. The Balaban J connectivity index is 1.96. The predicted octanol–water partition coefficient (Wildman–Crippen LogP) is 5.15. The van der Waals surface area contributed by atoms with Crippen LogP contribution in [0.1, 0.15) is 41.5 Å². The van der Waals surface area contributed by atoms with Crippen molar-refractivity contribution < 1.29 is 13.9 Å². The van der Waals surface area contributed by atoms with Gasteiger partial charge in [0.05, 0.1) is 6.10 Å². The molecular formula is C27H38O3Si. The zero-order valence-corrected chi connectivity index (χ0v) is 21.1. The van der Waals surface area contributed by atoms with Crippen molar-refractivity contribution in [1.82, 2.24) is 0 Å². The molecule has 2 aromatic rings. The van der Waals surface area contributed by atoms with E-state index in [1.807, 2.05) is 0 Å². The van der Waals surface area contributed by atoms with Crippen molar-refractivity contribution in [1.29, 1.82) is 0 Å². The van der Waals surface area contributed by atoms with E-state index in [2.05, 4.69) is 108 Å². The molecule has 0 fully saturated rings. The zero-order valence-electron chi connectivity index (χ0n) is 20.1. The van der Waals surface area contributed by atoms with Gasteiger partial charge in [-0.25, -0.2) is 0 Å². The molecule has 3 rings (SSSR count). The van der Waals surface area contributed by atoms with Crippen LogP contribution < -0.4 is 10.4 Å². The molecule has 1 unspecified atom stereocenters. The van der Waals surface area contributed by atoms with Crippen LogP contribution in [0.25, 0.3) is 0 Å². The molecule has 0 aromatic heterocycles. The second kappa shape index (κ2) is 9.82. The van der Waals surface area contributed by atoms with Gasteiger partial charge in [0, 0.05) is 25.6 Å². The molecule has 3 nitrogen and oxygen atoms in total. The lowest BCUT2D eigenvalue weighted by Gasteiger charge is -2.44. The van der Waals surface area contributed by atoms with Gasteiger partial charge < -0.3 is 13.9 Å². The summed E-state index contributed by atoms with van der Waals surface area (Å²) in [5.41, 5.74) is 1.26. The number of benzene rings is 2. The first-order chi connectivity index (χ1) is 14.7. The van der Waals surface area contributed by atoms with Crippen LogP contribution in [0.3, 0.4) is 0 Å². The van der Waals surface area contributed by atoms with Crippen molar-refractivity contribution in [2.24, 2.45) is 11.8 Å². The maximum absolute atomic E-state index is 7.12. The lowest BCUT2D eigenvalue weighted by Crippen LogP contribution is -2.67. The number of hydrogen-bond acceptors (Lipinski definition) is 3. The third-order valence-corrected chi connectivity index (χ3v) is 11.4. The summed E-state index contributed by atoms with van der Waals surface area (Å²) in [6, 6.07) is 21.6. The maximum atomic E-state index is 7.12. The van der Waals surface area contributed by atoms with E-state index in [-0.39, 0.29) is 29.3 Å². The molecule has 2 aromatic carbocycles. The van der Waals surface area contributed by atoms with Gasteiger partial charge in [-0.1, -0.05) is 101 Å². The lowest BCUT2D eigenvalue weighted by molar-refractivity contribution is -0.183. The van der Waals surface area contributed by atoms with E-state index in [4.69, 9.17) is 13.9 Å². The average molecular weight is 439 g/mol. The third kappa shape index (κ3) is 4.88. The molecule has 0 radical (unpaired) electrons. The molecule has 0 spiro atoms. The van der Waals surface area contributed by atoms with Gasteiger partial charge in [0.25, 0.3) is 8.32 Å². The fourth-order valence-electron chi connectivity index (χ4n) is 4.92. The zero-order chi connectivity index (χ0) is 22.6. The molecule has 1 aliphatic rings. The molecule has 4 heteroatoms. The first-order valence-electron chi connectivity index (χ1n) is 11.3. The number of methoxy groups -OCH3 is 1. The Morgan fingerprint density at radius 1 is 0.968 bits per heavy atom. The summed E-state index contributed by atoms with van der Waals surface area (Å²) in [6.45, 7) is 14.1. The summed E-state index contributed by atoms with van der Waals surface area (Å²) in [6.07, 6.45) is 2.07. The Bertz CT molecular complexity index is 818. The van der Waals surface area contributed by atoms with E-state index < -0.39 is 8.32 Å². The van der Waals surface area contributed by atoms with E-state index in [9.17, 15) is 0 Å². The van der Waals surface area contributed by atoms with Gasteiger partial charge >= 0.3 is 0 Å². The lowest BCUT2D eigenvalue weighted by atomic mass is 9.93. The quantitative estimate of drug-likeness (QED) is 0.442. The van der Waals surface area contributed by atoms with Crippen molar-refractivity contribution in [3.63, 3.8) is 0 Å². The molecule has 0 amide bonds. The molecule has 1 aliphatic heterocycles. The minimum absolute atomic E-state index is 0.000588. The van der Waals surface area contributed by atoms with Gasteiger partial charge in [0.2, 0.25) is 0 Å². The molecule has 0 aliphatic carbocycles. The highest BCUT2D eigenvalue weighted by molar-refractivity contribution is 6.99. The first kappa shape index (κ1) is 23.9. The van der Waals surface area contributed by atoms with Crippen molar-refractivity contribution in [3.05, 3.63) is 72.3 Å². The molecule has 4 atom stereocenters. The van der Waals surface area contributed by atoms with Crippen LogP contribution in [0.15, 0.2) is 72.3 Å². The summed E-state index contributed by atoms with van der Waals surface area (Å²) in [5.74, 6) is 0.467. The van der Waals surface area contributed by atoms with Gasteiger partial charge in [-0.05, 0) is 27.9 Å². The molecular weight excluding hydrogens is 400 g/mol. The monoisotopic (exact) mass is 438 g/mol. The Labute approximate surface area is 189 Å². The van der Waals surface area contributed by atoms with E-state index in [1.54, 1.807) is 7.11 Å². The molecule has 0 saturated heterocycles. The van der Waals surface area contributed by atoms with E-state index in [0.717, 1.165) is 0 Å². The summed E-state index contributed by atoms with van der Waals surface area (Å²) >= 11 is 0. The average Bonchev–Trinajstić information content (AvgIpc) is 2.74. The molecule has 1 heterocycles. The van der Waals surface area contributed by atoms with E-state index in [0.29, 0.717) is 6.61 Å². The largest absolute Gasteiger partial charge is 0.407 e. The fourth-order valence-corrected chi connectivity index (χ4v) is 9.59. The van der Waals surface area contributed by atoms with Crippen molar-refractivity contribution >= 4 is 18.7 Å². The van der Waals surface area contributed by atoms with Gasteiger partial charge in [0.1, 0.15) is 0 Å². The van der Waals surface area contributed by atoms with Crippen LogP contribution in [0.4, 0.5) is 0 Å². The van der Waals surface area contributed by atoms with Crippen LogP contribution in [0.2, 0.25) is 5.04 Å². The van der Waals surface area contributed by atoms with Gasteiger partial charge in [0.15, 0.2) is 6.29 Å². The Morgan fingerprint density at radius 2 is 1.48 bits per heavy atom. The maximum Gasteiger partial charge on any atom is 0.261 e. The van der Waals surface area contributed by atoms with Gasteiger partial charge in [-0.3, -0.25) is 0 Å². The minimum Gasteiger partial charge on any atom is -0.407 e. The van der Waals surface area contributed by atoms with Crippen molar-refractivity contribution in [3.8, 4) is 0 Å². The Hall–Kier alpha value is -1.72. The number of hydrogen-bond donors (Lipinski definition) is 0. The van der Waals surface area contributed by atoms with Crippen LogP contribution in [-0.2, 0) is 13.9 Å². The highest BCUT2D eigenvalue weighted by Crippen LogP contribution is 2.38. The number of ether oxygens (including phenoxy) is 2. The highest BCUT2D eigenvalue weighted by atomic mass is 28.4. The molecule has 0 N–H and O–H groups in total. The smallest absolute Gasteiger partial charge is 0.261 e. The fraction of sp³-hybridized carbons (Fsp3) is 0.481. The minimum atomic E-state index is -2.54. The van der Waals surface area contributed by atoms with Crippen LogP contribution in [0.5, 0.6) is 0 Å². The molecule has 168 valence electrons.